The number of nitrogens with zero attached hydrogens (tertiary/aromatic N) is 1. The van der Waals surface area contributed by atoms with E-state index in [1.165, 1.54) is 49.6 Å². The highest BCUT2D eigenvalue weighted by Gasteiger charge is 2.68. The zero-order valence-corrected chi connectivity index (χ0v) is 16.0. The number of alkyl halides is 3. The van der Waals surface area contributed by atoms with Crippen LogP contribution in [0.1, 0.15) is 15.9 Å². The molecule has 1 atom stereocenters. The number of hydrogen-bond donors (Lipinski definition) is 2. The first kappa shape index (κ1) is 21.8. The number of amides is 4. The predicted molar refractivity (Wildman–Crippen MR) is 101 cm³/mol. The van der Waals surface area contributed by atoms with Crippen LogP contribution in [-0.2, 0) is 19.9 Å². The average molecular weight is 435 g/mol. The molecule has 11 heteroatoms. The Labute approximate surface area is 174 Å². The quantitative estimate of drug-likeness (QED) is 0.555. The summed E-state index contributed by atoms with van der Waals surface area (Å²) in [5, 5.41) is 4.03. The molecule has 0 aliphatic carbocycles. The number of nitrogens with one attached hydrogen (secondary N) is 2. The van der Waals surface area contributed by atoms with E-state index in [-0.39, 0.29) is 16.2 Å². The molecule has 162 valence electrons. The molecule has 2 aromatic rings. The van der Waals surface area contributed by atoms with Gasteiger partial charge in [-0.2, -0.15) is 13.2 Å². The van der Waals surface area contributed by atoms with Crippen LogP contribution in [0.3, 0.4) is 0 Å². The standard InChI is InChI=1S/C20H16F3N3O5/c1-31-16(28)12-6-5-9-14(10-12)24-15(27)11-26-17(29)19(20(21,22)23,25-18(26)30)13-7-3-2-4-8-13/h2-10H,11H2,1H3,(H,24,27)(H,25,30). The van der Waals surface area contributed by atoms with Crippen molar-refractivity contribution in [1.82, 2.24) is 10.2 Å². The first-order valence-electron chi connectivity index (χ1n) is 8.84. The monoisotopic (exact) mass is 435 g/mol. The van der Waals surface area contributed by atoms with Gasteiger partial charge >= 0.3 is 18.2 Å². The van der Waals surface area contributed by atoms with Gasteiger partial charge < -0.3 is 15.4 Å². The summed E-state index contributed by atoms with van der Waals surface area (Å²) in [5.74, 6) is -3.21. The van der Waals surface area contributed by atoms with Crippen LogP contribution >= 0.6 is 0 Å². The zero-order valence-electron chi connectivity index (χ0n) is 16.0. The van der Waals surface area contributed by atoms with Crippen LogP contribution in [0.4, 0.5) is 23.7 Å². The molecule has 4 amide bonds. The van der Waals surface area contributed by atoms with Crippen LogP contribution in [0.25, 0.3) is 0 Å². The first-order chi connectivity index (χ1) is 14.6. The van der Waals surface area contributed by atoms with Gasteiger partial charge in [-0.3, -0.25) is 14.5 Å². The second-order valence-electron chi connectivity index (χ2n) is 6.56. The van der Waals surface area contributed by atoms with Crippen molar-refractivity contribution in [1.29, 1.82) is 0 Å². The third kappa shape index (κ3) is 3.93. The summed E-state index contributed by atoms with van der Waals surface area (Å²) in [4.78, 5) is 49.1. The molecule has 8 nitrogen and oxygen atoms in total. The molecule has 1 fully saturated rings. The fraction of sp³-hybridized carbons (Fsp3) is 0.200. The van der Waals surface area contributed by atoms with E-state index in [1.807, 2.05) is 0 Å². The largest absolute Gasteiger partial charge is 0.465 e. The van der Waals surface area contributed by atoms with Gasteiger partial charge in [0, 0.05) is 5.69 Å². The van der Waals surface area contributed by atoms with Crippen molar-refractivity contribution in [2.24, 2.45) is 0 Å². The van der Waals surface area contributed by atoms with Crippen LogP contribution < -0.4 is 10.6 Å². The van der Waals surface area contributed by atoms with E-state index in [4.69, 9.17) is 0 Å². The van der Waals surface area contributed by atoms with Crippen molar-refractivity contribution in [2.75, 3.05) is 19.0 Å². The molecule has 31 heavy (non-hydrogen) atoms. The number of anilines is 1. The van der Waals surface area contributed by atoms with Crippen molar-refractivity contribution >= 4 is 29.5 Å². The van der Waals surface area contributed by atoms with Crippen LogP contribution in [0.5, 0.6) is 0 Å². The molecule has 1 aliphatic rings. The Balaban J connectivity index is 1.83. The number of benzene rings is 2. The molecule has 0 aromatic heterocycles. The predicted octanol–water partition coefficient (Wildman–Crippen LogP) is 2.42. The number of esters is 1. The first-order valence-corrected chi connectivity index (χ1v) is 8.84. The molecule has 3 rings (SSSR count). The number of methoxy groups -OCH3 is 1. The van der Waals surface area contributed by atoms with Gasteiger partial charge in [-0.05, 0) is 23.8 Å². The van der Waals surface area contributed by atoms with Gasteiger partial charge in [-0.15, -0.1) is 0 Å². The third-order valence-electron chi connectivity index (χ3n) is 4.61. The molecule has 2 N–H and O–H groups in total. The lowest BCUT2D eigenvalue weighted by molar-refractivity contribution is -0.198. The van der Waals surface area contributed by atoms with E-state index in [0.29, 0.717) is 0 Å². The summed E-state index contributed by atoms with van der Waals surface area (Å²) in [6, 6.07) is 10.4. The summed E-state index contributed by atoms with van der Waals surface area (Å²) < 4.78 is 46.4. The topological polar surface area (TPSA) is 105 Å². The average Bonchev–Trinajstić information content (AvgIpc) is 2.99. The van der Waals surface area contributed by atoms with Gasteiger partial charge in [0.15, 0.2) is 0 Å². The van der Waals surface area contributed by atoms with Gasteiger partial charge in [0.05, 0.1) is 12.7 Å². The Kier molecular flexibility index (Phi) is 5.69. The number of carbonyl (C=O) groups is 4. The van der Waals surface area contributed by atoms with Gasteiger partial charge in [0.25, 0.3) is 5.91 Å². The van der Waals surface area contributed by atoms with Crippen LogP contribution in [-0.4, -0.2) is 48.5 Å². The van der Waals surface area contributed by atoms with Crippen LogP contribution in [0.15, 0.2) is 54.6 Å². The van der Waals surface area contributed by atoms with Crippen molar-refractivity contribution in [3.63, 3.8) is 0 Å². The minimum atomic E-state index is -5.15. The van der Waals surface area contributed by atoms with Gasteiger partial charge in [-0.25, -0.2) is 9.59 Å². The summed E-state index contributed by atoms with van der Waals surface area (Å²) in [7, 11) is 1.17. The highest BCUT2D eigenvalue weighted by atomic mass is 19.4. The zero-order chi connectivity index (χ0) is 22.8. The highest BCUT2D eigenvalue weighted by Crippen LogP contribution is 2.43. The van der Waals surface area contributed by atoms with E-state index in [9.17, 15) is 32.3 Å². The lowest BCUT2D eigenvalue weighted by Crippen LogP contribution is -2.55. The molecule has 2 aromatic carbocycles. The molecule has 1 aliphatic heterocycles. The van der Waals surface area contributed by atoms with E-state index < -0.39 is 47.6 Å². The van der Waals surface area contributed by atoms with Gasteiger partial charge in [-0.1, -0.05) is 36.4 Å². The summed E-state index contributed by atoms with van der Waals surface area (Å²) >= 11 is 0. The van der Waals surface area contributed by atoms with Crippen molar-refractivity contribution in [3.05, 3.63) is 65.7 Å². The number of halogens is 3. The van der Waals surface area contributed by atoms with Gasteiger partial charge in [0.2, 0.25) is 11.4 Å². The minimum Gasteiger partial charge on any atom is -0.465 e. The maximum atomic E-state index is 13.9. The summed E-state index contributed by atoms with van der Waals surface area (Å²) in [6.07, 6.45) is -5.15. The summed E-state index contributed by atoms with van der Waals surface area (Å²) in [5.41, 5.74) is -3.52. The second kappa shape index (κ2) is 8.09. The van der Waals surface area contributed by atoms with E-state index >= 15 is 0 Å². The molecule has 0 spiro atoms. The highest BCUT2D eigenvalue weighted by molar-refractivity contribution is 6.11. The number of urea groups is 1. The van der Waals surface area contributed by atoms with E-state index in [0.717, 1.165) is 12.1 Å². The van der Waals surface area contributed by atoms with Crippen molar-refractivity contribution in [2.45, 2.75) is 11.7 Å². The maximum absolute atomic E-state index is 13.9. The minimum absolute atomic E-state index is 0.121. The smallest absolute Gasteiger partial charge is 0.425 e. The summed E-state index contributed by atoms with van der Waals surface area (Å²) in [6.45, 7) is -0.961. The molecule has 0 bridgehead atoms. The SMILES string of the molecule is COC(=O)c1cccc(NC(=O)CN2C(=O)NC(c3ccccc3)(C(F)(F)F)C2=O)c1. The maximum Gasteiger partial charge on any atom is 0.425 e. The Morgan fingerprint density at radius 1 is 1.10 bits per heavy atom. The molecule has 0 saturated carbocycles. The fourth-order valence-electron chi connectivity index (χ4n) is 3.15. The Bertz CT molecular complexity index is 1040. The molecule has 1 heterocycles. The van der Waals surface area contributed by atoms with E-state index in [1.54, 1.807) is 5.32 Å². The lowest BCUT2D eigenvalue weighted by atomic mass is 9.89. The van der Waals surface area contributed by atoms with Gasteiger partial charge in [0.1, 0.15) is 6.54 Å². The molecular weight excluding hydrogens is 419 g/mol. The fourth-order valence-corrected chi connectivity index (χ4v) is 3.15. The number of rotatable bonds is 5. The number of ether oxygens (including phenoxy) is 1. The lowest BCUT2D eigenvalue weighted by Gasteiger charge is -2.29. The van der Waals surface area contributed by atoms with Crippen LogP contribution in [0.2, 0.25) is 0 Å². The third-order valence-corrected chi connectivity index (χ3v) is 4.61. The van der Waals surface area contributed by atoms with E-state index in [2.05, 4.69) is 10.1 Å². The molecule has 1 saturated heterocycles. The number of hydrogen-bond acceptors (Lipinski definition) is 5. The van der Waals surface area contributed by atoms with Crippen LogP contribution in [0, 0.1) is 0 Å². The Morgan fingerprint density at radius 2 is 1.77 bits per heavy atom. The Hall–Kier alpha value is -3.89. The molecule has 1 unspecified atom stereocenters. The normalized spacial score (nSPS) is 18.5. The second-order valence-corrected chi connectivity index (χ2v) is 6.56. The number of carbonyl (C=O) groups excluding carboxylic acids is 4. The Morgan fingerprint density at radius 3 is 2.39 bits per heavy atom. The van der Waals surface area contributed by atoms with Crippen molar-refractivity contribution < 1.29 is 37.1 Å². The molecular formula is C20H16F3N3O5. The number of imide groups is 1. The molecule has 0 radical (unpaired) electrons. The van der Waals surface area contributed by atoms with Crippen molar-refractivity contribution in [3.8, 4) is 0 Å².